The van der Waals surface area contributed by atoms with Gasteiger partial charge in [-0.2, -0.15) is 4.31 Å². The lowest BCUT2D eigenvalue weighted by Crippen LogP contribution is -2.38. The third-order valence-corrected chi connectivity index (χ3v) is 7.53. The van der Waals surface area contributed by atoms with E-state index in [9.17, 15) is 18.3 Å². The number of aromatic nitrogens is 1. The average Bonchev–Trinajstić information content (AvgIpc) is 3.14. The van der Waals surface area contributed by atoms with Gasteiger partial charge in [0.25, 0.3) is 0 Å². The lowest BCUT2D eigenvalue weighted by molar-refractivity contribution is 0.0698. The van der Waals surface area contributed by atoms with Gasteiger partial charge in [0.15, 0.2) is 0 Å². The molecule has 0 radical (unpaired) electrons. The molecule has 1 N–H and O–H groups in total. The SMILES string of the molecule is CC(C)Oc1ccc(S(=O)(=O)N2CCC(n3cc(C(=O)O)c4ccccc43)CC2)cc1. The fraction of sp³-hybridized carbons (Fsp3) is 0.348. The average molecular weight is 443 g/mol. The highest BCUT2D eigenvalue weighted by molar-refractivity contribution is 7.89. The molecule has 4 rings (SSSR count). The van der Waals surface area contributed by atoms with Gasteiger partial charge in [-0.3, -0.25) is 0 Å². The summed E-state index contributed by atoms with van der Waals surface area (Å²) in [6.07, 6.45) is 2.93. The number of nitrogens with zero attached hydrogens (tertiary/aromatic N) is 2. The second kappa shape index (κ2) is 8.36. The number of sulfonamides is 1. The van der Waals surface area contributed by atoms with E-state index >= 15 is 0 Å². The number of hydrogen-bond acceptors (Lipinski definition) is 4. The molecule has 0 bridgehead atoms. The smallest absolute Gasteiger partial charge is 0.337 e. The highest BCUT2D eigenvalue weighted by Gasteiger charge is 2.31. The molecule has 0 aliphatic carbocycles. The molecule has 164 valence electrons. The van der Waals surface area contributed by atoms with Gasteiger partial charge in [-0.1, -0.05) is 18.2 Å². The Morgan fingerprint density at radius 1 is 1.06 bits per heavy atom. The van der Waals surface area contributed by atoms with Crippen LogP contribution in [0.1, 0.15) is 43.1 Å². The Hall–Kier alpha value is -2.84. The number of rotatable bonds is 6. The number of carbonyl (C=O) groups is 1. The summed E-state index contributed by atoms with van der Waals surface area (Å²) in [4.78, 5) is 11.9. The summed E-state index contributed by atoms with van der Waals surface area (Å²) in [5, 5.41) is 10.2. The van der Waals surface area contributed by atoms with Crippen molar-refractivity contribution in [3.63, 3.8) is 0 Å². The Morgan fingerprint density at radius 3 is 2.32 bits per heavy atom. The van der Waals surface area contributed by atoms with E-state index in [0.717, 1.165) is 5.52 Å². The van der Waals surface area contributed by atoms with Crippen molar-refractivity contribution in [2.24, 2.45) is 0 Å². The summed E-state index contributed by atoms with van der Waals surface area (Å²) in [6.45, 7) is 4.60. The first-order valence-corrected chi connectivity index (χ1v) is 11.8. The van der Waals surface area contributed by atoms with E-state index in [2.05, 4.69) is 0 Å². The predicted molar refractivity (Wildman–Crippen MR) is 118 cm³/mol. The normalized spacial score (nSPS) is 16.1. The molecule has 3 aromatic rings. The number of benzene rings is 2. The Kier molecular flexibility index (Phi) is 5.77. The van der Waals surface area contributed by atoms with Gasteiger partial charge in [0.1, 0.15) is 5.75 Å². The van der Waals surface area contributed by atoms with E-state index in [-0.39, 0.29) is 22.6 Å². The van der Waals surface area contributed by atoms with Crippen molar-refractivity contribution in [3.05, 3.63) is 60.3 Å². The zero-order valence-electron chi connectivity index (χ0n) is 17.6. The van der Waals surface area contributed by atoms with Gasteiger partial charge in [0.2, 0.25) is 10.0 Å². The molecule has 1 saturated heterocycles. The molecule has 0 saturated carbocycles. The van der Waals surface area contributed by atoms with E-state index in [1.807, 2.05) is 42.7 Å². The van der Waals surface area contributed by atoms with Gasteiger partial charge in [0, 0.05) is 36.2 Å². The van der Waals surface area contributed by atoms with Crippen molar-refractivity contribution in [2.45, 2.75) is 43.7 Å². The molecule has 0 spiro atoms. The molecule has 1 fully saturated rings. The maximum atomic E-state index is 13.1. The van der Waals surface area contributed by atoms with Gasteiger partial charge in [-0.25, -0.2) is 13.2 Å². The fourth-order valence-electron chi connectivity index (χ4n) is 4.15. The van der Waals surface area contributed by atoms with Crippen LogP contribution in [-0.4, -0.2) is 47.6 Å². The largest absolute Gasteiger partial charge is 0.491 e. The zero-order valence-corrected chi connectivity index (χ0v) is 18.4. The summed E-state index contributed by atoms with van der Waals surface area (Å²) in [6, 6.07) is 14.0. The number of para-hydroxylation sites is 1. The molecule has 1 aliphatic heterocycles. The van der Waals surface area contributed by atoms with Crippen molar-refractivity contribution in [2.75, 3.05) is 13.1 Å². The fourth-order valence-corrected chi connectivity index (χ4v) is 5.62. The summed E-state index contributed by atoms with van der Waals surface area (Å²) in [5.41, 5.74) is 1.14. The topological polar surface area (TPSA) is 88.8 Å². The number of carboxylic acid groups (broad SMARTS) is 1. The molecular formula is C23H26N2O5S. The van der Waals surface area contributed by atoms with Crippen molar-refractivity contribution in [1.82, 2.24) is 8.87 Å². The van der Waals surface area contributed by atoms with Crippen LogP contribution < -0.4 is 4.74 Å². The monoisotopic (exact) mass is 442 g/mol. The van der Waals surface area contributed by atoms with Crippen LogP contribution in [-0.2, 0) is 10.0 Å². The maximum Gasteiger partial charge on any atom is 0.337 e. The Balaban J connectivity index is 1.51. The van der Waals surface area contributed by atoms with Gasteiger partial charge in [0.05, 0.1) is 16.6 Å². The van der Waals surface area contributed by atoms with Crippen LogP contribution in [0.3, 0.4) is 0 Å². The van der Waals surface area contributed by atoms with Crippen molar-refractivity contribution < 1.29 is 23.1 Å². The second-order valence-electron chi connectivity index (χ2n) is 8.05. The first kappa shape index (κ1) is 21.4. The molecule has 2 heterocycles. The number of fused-ring (bicyclic) bond motifs is 1. The number of piperidine rings is 1. The van der Waals surface area contributed by atoms with Gasteiger partial charge >= 0.3 is 5.97 Å². The van der Waals surface area contributed by atoms with E-state index < -0.39 is 16.0 Å². The summed E-state index contributed by atoms with van der Waals surface area (Å²) in [5.74, 6) is -0.318. The minimum Gasteiger partial charge on any atom is -0.491 e. The Labute approximate surface area is 181 Å². The van der Waals surface area contributed by atoms with E-state index in [1.165, 1.54) is 4.31 Å². The summed E-state index contributed by atoms with van der Waals surface area (Å²) >= 11 is 0. The standard InChI is InChI=1S/C23H26N2O5S/c1-16(2)30-18-7-9-19(10-8-18)31(28,29)24-13-11-17(12-14-24)25-15-21(23(26)27)20-5-3-4-6-22(20)25/h3-10,15-17H,11-14H2,1-2H3,(H,26,27). The van der Waals surface area contributed by atoms with E-state index in [4.69, 9.17) is 4.74 Å². The minimum atomic E-state index is -3.59. The first-order chi connectivity index (χ1) is 14.8. The number of ether oxygens (including phenoxy) is 1. The Morgan fingerprint density at radius 2 is 1.71 bits per heavy atom. The van der Waals surface area contributed by atoms with Crippen molar-refractivity contribution in [1.29, 1.82) is 0 Å². The van der Waals surface area contributed by atoms with Crippen LogP contribution in [0, 0.1) is 0 Å². The molecule has 1 aliphatic rings. The van der Waals surface area contributed by atoms with Gasteiger partial charge < -0.3 is 14.4 Å². The lowest BCUT2D eigenvalue weighted by atomic mass is 10.1. The molecule has 0 atom stereocenters. The van der Waals surface area contributed by atoms with Crippen LogP contribution in [0.2, 0.25) is 0 Å². The molecule has 0 unspecified atom stereocenters. The van der Waals surface area contributed by atoms with Gasteiger partial charge in [-0.15, -0.1) is 0 Å². The number of aromatic carboxylic acids is 1. The van der Waals surface area contributed by atoms with Crippen LogP contribution in [0.25, 0.3) is 10.9 Å². The van der Waals surface area contributed by atoms with E-state index in [1.54, 1.807) is 30.5 Å². The van der Waals surface area contributed by atoms with Gasteiger partial charge in [-0.05, 0) is 57.0 Å². The zero-order chi connectivity index (χ0) is 22.2. The number of hydrogen-bond donors (Lipinski definition) is 1. The lowest BCUT2D eigenvalue weighted by Gasteiger charge is -2.32. The number of carboxylic acids is 1. The van der Waals surface area contributed by atoms with Crippen LogP contribution in [0.4, 0.5) is 0 Å². The molecule has 7 nitrogen and oxygen atoms in total. The molecule has 2 aromatic carbocycles. The highest BCUT2D eigenvalue weighted by Crippen LogP contribution is 2.32. The third kappa shape index (κ3) is 4.18. The molecule has 1 aromatic heterocycles. The van der Waals surface area contributed by atoms with E-state index in [0.29, 0.717) is 37.1 Å². The van der Waals surface area contributed by atoms with Crippen LogP contribution >= 0.6 is 0 Å². The van der Waals surface area contributed by atoms with Crippen molar-refractivity contribution >= 4 is 26.9 Å². The Bertz CT molecular complexity index is 1190. The molecule has 0 amide bonds. The molecule has 31 heavy (non-hydrogen) atoms. The highest BCUT2D eigenvalue weighted by atomic mass is 32.2. The summed E-state index contributed by atoms with van der Waals surface area (Å²) < 4.78 is 35.2. The second-order valence-corrected chi connectivity index (χ2v) is 9.98. The quantitative estimate of drug-likeness (QED) is 0.619. The third-order valence-electron chi connectivity index (χ3n) is 5.62. The first-order valence-electron chi connectivity index (χ1n) is 10.4. The summed E-state index contributed by atoms with van der Waals surface area (Å²) in [7, 11) is -3.59. The minimum absolute atomic E-state index is 0.0212. The predicted octanol–water partition coefficient (Wildman–Crippen LogP) is 4.15. The van der Waals surface area contributed by atoms with Crippen LogP contribution in [0.15, 0.2) is 59.6 Å². The maximum absolute atomic E-state index is 13.1. The molecular weight excluding hydrogens is 416 g/mol. The molecule has 8 heteroatoms. The van der Waals surface area contributed by atoms with Crippen LogP contribution in [0.5, 0.6) is 5.75 Å². The van der Waals surface area contributed by atoms with Crippen molar-refractivity contribution in [3.8, 4) is 5.75 Å².